The van der Waals surface area contributed by atoms with Gasteiger partial charge in [-0.25, -0.2) is 9.59 Å². The molecule has 9 heteroatoms. The third kappa shape index (κ3) is 7.32. The molecule has 0 aromatic carbocycles. The van der Waals surface area contributed by atoms with E-state index in [0.29, 0.717) is 0 Å². The minimum absolute atomic E-state index is 0.0233. The molecule has 0 aliphatic heterocycles. The van der Waals surface area contributed by atoms with Crippen molar-refractivity contribution in [2.24, 2.45) is 0 Å². The normalized spacial score (nSPS) is 10.1. The monoisotopic (exact) mass is 351 g/mol. The zero-order valence-electron chi connectivity index (χ0n) is 13.5. The molecular formula is C14H22ClNO7. The highest BCUT2D eigenvalue weighted by Crippen LogP contribution is 2.09. The molecule has 0 heterocycles. The van der Waals surface area contributed by atoms with Gasteiger partial charge in [0.1, 0.15) is 5.88 Å². The lowest BCUT2D eigenvalue weighted by molar-refractivity contribution is -0.168. The van der Waals surface area contributed by atoms with E-state index in [1.807, 2.05) is 0 Å². The molecule has 0 saturated carbocycles. The summed E-state index contributed by atoms with van der Waals surface area (Å²) in [6, 6.07) is -1.60. The molecule has 0 aromatic rings. The van der Waals surface area contributed by atoms with Crippen molar-refractivity contribution in [3.8, 4) is 0 Å². The molecular weight excluding hydrogens is 330 g/mol. The van der Waals surface area contributed by atoms with E-state index in [4.69, 9.17) is 25.8 Å². The SMILES string of the molecule is CCOC(=O)CCN(C(=O)CCl)C(C(=O)OCC)C(=O)OCC. The summed E-state index contributed by atoms with van der Waals surface area (Å²) in [7, 11) is 0. The summed E-state index contributed by atoms with van der Waals surface area (Å²) in [5.74, 6) is -3.59. The van der Waals surface area contributed by atoms with Crippen LogP contribution in [0, 0.1) is 0 Å². The van der Waals surface area contributed by atoms with E-state index < -0.39 is 35.7 Å². The van der Waals surface area contributed by atoms with Gasteiger partial charge in [-0.05, 0) is 20.8 Å². The van der Waals surface area contributed by atoms with E-state index >= 15 is 0 Å². The molecule has 0 unspecified atom stereocenters. The second kappa shape index (κ2) is 11.7. The largest absolute Gasteiger partial charge is 0.466 e. The Morgan fingerprint density at radius 3 is 1.78 bits per heavy atom. The third-order valence-electron chi connectivity index (χ3n) is 2.63. The molecule has 1 amide bonds. The van der Waals surface area contributed by atoms with Gasteiger partial charge >= 0.3 is 17.9 Å². The van der Waals surface area contributed by atoms with Gasteiger partial charge in [-0.3, -0.25) is 9.59 Å². The van der Waals surface area contributed by atoms with E-state index in [2.05, 4.69) is 0 Å². The van der Waals surface area contributed by atoms with Crippen LogP contribution < -0.4 is 0 Å². The lowest BCUT2D eigenvalue weighted by atomic mass is 10.2. The smallest absolute Gasteiger partial charge is 0.340 e. The van der Waals surface area contributed by atoms with Crippen LogP contribution >= 0.6 is 11.6 Å². The second-order valence-corrected chi connectivity index (χ2v) is 4.45. The van der Waals surface area contributed by atoms with Gasteiger partial charge in [0.2, 0.25) is 11.9 Å². The highest BCUT2D eigenvalue weighted by atomic mass is 35.5. The highest BCUT2D eigenvalue weighted by molar-refractivity contribution is 6.27. The molecule has 0 atom stereocenters. The minimum atomic E-state index is -1.60. The Morgan fingerprint density at radius 1 is 0.913 bits per heavy atom. The Morgan fingerprint density at radius 2 is 1.39 bits per heavy atom. The fourth-order valence-corrected chi connectivity index (χ4v) is 1.87. The zero-order chi connectivity index (χ0) is 17.8. The molecule has 0 N–H and O–H groups in total. The Balaban J connectivity index is 5.28. The molecule has 0 aliphatic rings. The summed E-state index contributed by atoms with van der Waals surface area (Å²) in [5, 5.41) is 0. The molecule has 0 aromatic heterocycles. The maximum Gasteiger partial charge on any atom is 0.340 e. The first-order chi connectivity index (χ1) is 10.9. The average Bonchev–Trinajstić information content (AvgIpc) is 2.51. The first-order valence-corrected chi connectivity index (χ1v) is 7.80. The fourth-order valence-electron chi connectivity index (χ4n) is 1.71. The number of nitrogens with zero attached hydrogens (tertiary/aromatic N) is 1. The number of hydrogen-bond donors (Lipinski definition) is 0. The van der Waals surface area contributed by atoms with Crippen LogP contribution in [-0.4, -0.2) is 67.0 Å². The molecule has 0 aliphatic carbocycles. The molecule has 8 nitrogen and oxygen atoms in total. The number of amides is 1. The number of rotatable bonds is 10. The summed E-state index contributed by atoms with van der Waals surface area (Å²) in [4.78, 5) is 48.3. The first kappa shape index (κ1) is 21.2. The van der Waals surface area contributed by atoms with E-state index in [0.717, 1.165) is 4.90 Å². The zero-order valence-corrected chi connectivity index (χ0v) is 14.3. The molecule has 0 spiro atoms. The summed E-state index contributed by atoms with van der Waals surface area (Å²) in [5.41, 5.74) is 0. The number of carbonyl (C=O) groups excluding carboxylic acids is 4. The maximum absolute atomic E-state index is 12.0. The summed E-state index contributed by atoms with van der Waals surface area (Å²) >= 11 is 5.52. The van der Waals surface area contributed by atoms with Crippen LogP contribution in [0.25, 0.3) is 0 Å². The van der Waals surface area contributed by atoms with Gasteiger partial charge < -0.3 is 19.1 Å². The van der Waals surface area contributed by atoms with Crippen LogP contribution in [0.5, 0.6) is 0 Å². The Hall–Kier alpha value is -1.83. The van der Waals surface area contributed by atoms with E-state index in [-0.39, 0.29) is 32.8 Å². The first-order valence-electron chi connectivity index (χ1n) is 7.27. The van der Waals surface area contributed by atoms with Crippen molar-refractivity contribution in [2.45, 2.75) is 33.2 Å². The predicted octanol–water partition coefficient (Wildman–Crippen LogP) is 0.502. The lowest BCUT2D eigenvalue weighted by Crippen LogP contribution is -2.52. The molecule has 0 fully saturated rings. The molecule has 0 radical (unpaired) electrons. The number of alkyl halides is 1. The van der Waals surface area contributed by atoms with Crippen molar-refractivity contribution < 1.29 is 33.4 Å². The molecule has 23 heavy (non-hydrogen) atoms. The van der Waals surface area contributed by atoms with Gasteiger partial charge in [0.05, 0.1) is 26.2 Å². The van der Waals surface area contributed by atoms with Crippen LogP contribution in [0.15, 0.2) is 0 Å². The van der Waals surface area contributed by atoms with Crippen molar-refractivity contribution in [3.05, 3.63) is 0 Å². The number of halogens is 1. The summed E-state index contributed by atoms with van der Waals surface area (Å²) in [6.45, 7) is 4.78. The summed E-state index contributed by atoms with van der Waals surface area (Å²) < 4.78 is 14.4. The average molecular weight is 352 g/mol. The van der Waals surface area contributed by atoms with Crippen LogP contribution in [0.2, 0.25) is 0 Å². The maximum atomic E-state index is 12.0. The van der Waals surface area contributed by atoms with Crippen LogP contribution in [0.3, 0.4) is 0 Å². The number of esters is 3. The lowest BCUT2D eigenvalue weighted by Gasteiger charge is -2.27. The van der Waals surface area contributed by atoms with Gasteiger partial charge in [-0.2, -0.15) is 0 Å². The van der Waals surface area contributed by atoms with Crippen molar-refractivity contribution in [3.63, 3.8) is 0 Å². The van der Waals surface area contributed by atoms with E-state index in [9.17, 15) is 19.2 Å². The Labute approximate surface area is 140 Å². The van der Waals surface area contributed by atoms with Crippen molar-refractivity contribution in [1.29, 1.82) is 0 Å². The van der Waals surface area contributed by atoms with Crippen LogP contribution in [0.4, 0.5) is 0 Å². The standard InChI is InChI=1S/C14H22ClNO7/c1-4-21-11(18)7-8-16(10(17)9-15)12(13(19)22-5-2)14(20)23-6-3/h12H,4-9H2,1-3H3. The molecule has 132 valence electrons. The van der Waals surface area contributed by atoms with E-state index in [1.165, 1.54) is 0 Å². The van der Waals surface area contributed by atoms with Crippen molar-refractivity contribution in [2.75, 3.05) is 32.2 Å². The van der Waals surface area contributed by atoms with Crippen molar-refractivity contribution in [1.82, 2.24) is 4.90 Å². The Bertz CT molecular complexity index is 409. The quantitative estimate of drug-likeness (QED) is 0.244. The minimum Gasteiger partial charge on any atom is -0.466 e. The summed E-state index contributed by atoms with van der Waals surface area (Å²) in [6.07, 6.45) is -0.189. The van der Waals surface area contributed by atoms with Gasteiger partial charge in [-0.1, -0.05) is 0 Å². The molecule has 0 bridgehead atoms. The van der Waals surface area contributed by atoms with Crippen LogP contribution in [0.1, 0.15) is 27.2 Å². The number of ether oxygens (including phenoxy) is 3. The van der Waals surface area contributed by atoms with Gasteiger partial charge in [0.15, 0.2) is 0 Å². The van der Waals surface area contributed by atoms with Crippen molar-refractivity contribution >= 4 is 35.4 Å². The Kier molecular flexibility index (Phi) is 10.8. The molecule has 0 saturated heterocycles. The number of carbonyl (C=O) groups is 4. The topological polar surface area (TPSA) is 99.2 Å². The fraction of sp³-hybridized carbons (Fsp3) is 0.714. The predicted molar refractivity (Wildman–Crippen MR) is 80.7 cm³/mol. The third-order valence-corrected chi connectivity index (χ3v) is 2.86. The highest BCUT2D eigenvalue weighted by Gasteiger charge is 2.38. The van der Waals surface area contributed by atoms with Gasteiger partial charge in [0, 0.05) is 6.54 Å². The van der Waals surface area contributed by atoms with Gasteiger partial charge in [-0.15, -0.1) is 11.6 Å². The number of hydrogen-bond acceptors (Lipinski definition) is 7. The van der Waals surface area contributed by atoms with Crippen LogP contribution in [-0.2, 0) is 33.4 Å². The second-order valence-electron chi connectivity index (χ2n) is 4.18. The van der Waals surface area contributed by atoms with E-state index in [1.54, 1.807) is 20.8 Å². The van der Waals surface area contributed by atoms with Gasteiger partial charge in [0.25, 0.3) is 0 Å². The molecule has 0 rings (SSSR count).